The monoisotopic (exact) mass is 230 g/mol. The van der Waals surface area contributed by atoms with E-state index in [0.29, 0.717) is 12.0 Å². The number of nitrogens with two attached hydrogens (primary N) is 1. The van der Waals surface area contributed by atoms with Crippen LogP contribution in [0.25, 0.3) is 0 Å². The van der Waals surface area contributed by atoms with Gasteiger partial charge in [-0.2, -0.15) is 5.26 Å². The van der Waals surface area contributed by atoms with Gasteiger partial charge in [-0.1, -0.05) is 12.1 Å². The van der Waals surface area contributed by atoms with Gasteiger partial charge in [-0.25, -0.2) is 0 Å². The lowest BCUT2D eigenvalue weighted by atomic mass is 10.1. The molecule has 2 aromatic rings. The molecule has 80 valence electrons. The summed E-state index contributed by atoms with van der Waals surface area (Å²) in [4.78, 5) is 0. The lowest BCUT2D eigenvalue weighted by molar-refractivity contribution is 0.703. The zero-order chi connectivity index (χ0) is 11.4. The molecule has 0 aliphatic rings. The van der Waals surface area contributed by atoms with E-state index >= 15 is 0 Å². The fourth-order valence-corrected chi connectivity index (χ4v) is 1.95. The molecule has 0 saturated heterocycles. The highest BCUT2D eigenvalue weighted by atomic mass is 32.1. The average molecular weight is 230 g/mol. The molecule has 0 bridgehead atoms. The lowest BCUT2D eigenvalue weighted by Crippen LogP contribution is -2.13. The Morgan fingerprint density at radius 1 is 1.38 bits per heavy atom. The van der Waals surface area contributed by atoms with Crippen LogP contribution in [0.4, 0.5) is 0 Å². The molecule has 2 N–H and O–H groups in total. The van der Waals surface area contributed by atoms with Crippen molar-refractivity contribution >= 4 is 11.3 Å². The zero-order valence-corrected chi connectivity index (χ0v) is 9.31. The first-order valence-electron chi connectivity index (χ1n) is 4.80. The predicted octanol–water partition coefficient (Wildman–Crippen LogP) is 1.65. The van der Waals surface area contributed by atoms with Gasteiger partial charge in [-0.15, -0.1) is 21.5 Å². The van der Waals surface area contributed by atoms with E-state index < -0.39 is 0 Å². The Morgan fingerprint density at radius 3 is 2.69 bits per heavy atom. The van der Waals surface area contributed by atoms with Gasteiger partial charge >= 0.3 is 0 Å². The molecule has 16 heavy (non-hydrogen) atoms. The Kier molecular flexibility index (Phi) is 3.25. The van der Waals surface area contributed by atoms with Crippen LogP contribution in [-0.2, 0) is 6.42 Å². The van der Waals surface area contributed by atoms with Gasteiger partial charge in [-0.3, -0.25) is 0 Å². The van der Waals surface area contributed by atoms with Gasteiger partial charge in [0.15, 0.2) is 0 Å². The van der Waals surface area contributed by atoms with Crippen LogP contribution >= 0.6 is 11.3 Å². The van der Waals surface area contributed by atoms with Crippen molar-refractivity contribution in [1.82, 2.24) is 10.2 Å². The number of hydrogen-bond acceptors (Lipinski definition) is 5. The smallest absolute Gasteiger partial charge is 0.134 e. The fraction of sp³-hybridized carbons (Fsp3) is 0.182. The molecule has 1 aromatic heterocycles. The molecule has 1 unspecified atom stereocenters. The van der Waals surface area contributed by atoms with Crippen LogP contribution in [0.15, 0.2) is 29.8 Å². The van der Waals surface area contributed by atoms with Crippen LogP contribution in [0.3, 0.4) is 0 Å². The molecule has 0 aliphatic heterocycles. The first-order valence-corrected chi connectivity index (χ1v) is 5.68. The minimum Gasteiger partial charge on any atom is -0.322 e. The molecule has 4 nitrogen and oxygen atoms in total. The summed E-state index contributed by atoms with van der Waals surface area (Å²) in [6, 6.07) is 9.38. The van der Waals surface area contributed by atoms with Gasteiger partial charge in [0.05, 0.1) is 17.7 Å². The van der Waals surface area contributed by atoms with E-state index in [4.69, 9.17) is 11.0 Å². The molecule has 0 saturated carbocycles. The van der Waals surface area contributed by atoms with E-state index in [0.717, 1.165) is 10.6 Å². The Hall–Kier alpha value is -1.77. The van der Waals surface area contributed by atoms with Crippen molar-refractivity contribution in [2.24, 2.45) is 5.73 Å². The maximum atomic E-state index is 8.67. The van der Waals surface area contributed by atoms with Crippen LogP contribution in [0.1, 0.15) is 22.2 Å². The molecular weight excluding hydrogens is 220 g/mol. The van der Waals surface area contributed by atoms with Crippen molar-refractivity contribution in [3.05, 3.63) is 45.9 Å². The fourth-order valence-electron chi connectivity index (χ4n) is 1.40. The van der Waals surface area contributed by atoms with E-state index in [1.165, 1.54) is 11.3 Å². The van der Waals surface area contributed by atoms with Crippen LogP contribution in [-0.4, -0.2) is 10.2 Å². The Bertz CT molecular complexity index is 484. The van der Waals surface area contributed by atoms with Crippen molar-refractivity contribution in [3.8, 4) is 6.07 Å². The SMILES string of the molecule is N#Cc1ccc(CC(N)c2nncs2)cc1. The first-order chi connectivity index (χ1) is 7.79. The van der Waals surface area contributed by atoms with Crippen molar-refractivity contribution < 1.29 is 0 Å². The van der Waals surface area contributed by atoms with Crippen molar-refractivity contribution in [2.75, 3.05) is 0 Å². The molecule has 0 aliphatic carbocycles. The Labute approximate surface area is 97.4 Å². The molecule has 5 heteroatoms. The summed E-state index contributed by atoms with van der Waals surface area (Å²) in [5, 5.41) is 17.2. The summed E-state index contributed by atoms with van der Waals surface area (Å²) < 4.78 is 0. The number of hydrogen-bond donors (Lipinski definition) is 1. The van der Waals surface area contributed by atoms with Crippen LogP contribution < -0.4 is 5.73 Å². The first kappa shape index (κ1) is 10.7. The van der Waals surface area contributed by atoms with E-state index in [1.54, 1.807) is 17.6 Å². The predicted molar refractivity (Wildman–Crippen MR) is 61.7 cm³/mol. The Morgan fingerprint density at radius 2 is 2.12 bits per heavy atom. The van der Waals surface area contributed by atoms with Crippen molar-refractivity contribution in [2.45, 2.75) is 12.5 Å². The molecule has 1 aromatic carbocycles. The zero-order valence-electron chi connectivity index (χ0n) is 8.50. The third-order valence-corrected chi connectivity index (χ3v) is 3.06. The van der Waals surface area contributed by atoms with Gasteiger partial charge in [0, 0.05) is 0 Å². The maximum absolute atomic E-state index is 8.67. The molecule has 0 fully saturated rings. The normalized spacial score (nSPS) is 12.0. The standard InChI is InChI=1S/C11H10N4S/c12-6-9-3-1-8(2-4-9)5-10(13)11-15-14-7-16-11/h1-4,7,10H,5,13H2. The number of benzene rings is 1. The summed E-state index contributed by atoms with van der Waals surface area (Å²) in [6.07, 6.45) is 0.709. The van der Waals surface area contributed by atoms with Gasteiger partial charge in [0.25, 0.3) is 0 Å². The third kappa shape index (κ3) is 2.42. The summed E-state index contributed by atoms with van der Waals surface area (Å²) in [5.41, 5.74) is 9.42. The highest BCUT2D eigenvalue weighted by Crippen LogP contribution is 2.17. The van der Waals surface area contributed by atoms with Gasteiger partial charge in [0.1, 0.15) is 10.5 Å². The third-order valence-electron chi connectivity index (χ3n) is 2.23. The summed E-state index contributed by atoms with van der Waals surface area (Å²) in [6.45, 7) is 0. The molecule has 1 atom stereocenters. The highest BCUT2D eigenvalue weighted by Gasteiger charge is 2.10. The summed E-state index contributed by atoms with van der Waals surface area (Å²) in [7, 11) is 0. The molecule has 0 amide bonds. The molecule has 1 heterocycles. The topological polar surface area (TPSA) is 75.6 Å². The largest absolute Gasteiger partial charge is 0.322 e. The second-order valence-corrected chi connectivity index (χ2v) is 4.26. The second kappa shape index (κ2) is 4.84. The van der Waals surface area contributed by atoms with Crippen LogP contribution in [0.5, 0.6) is 0 Å². The van der Waals surface area contributed by atoms with Crippen LogP contribution in [0.2, 0.25) is 0 Å². The molecule has 0 radical (unpaired) electrons. The van der Waals surface area contributed by atoms with E-state index in [2.05, 4.69) is 16.3 Å². The maximum Gasteiger partial charge on any atom is 0.134 e. The number of aromatic nitrogens is 2. The Balaban J connectivity index is 2.07. The minimum atomic E-state index is -0.125. The quantitative estimate of drug-likeness (QED) is 0.869. The number of nitrogens with zero attached hydrogens (tertiary/aromatic N) is 3. The lowest BCUT2D eigenvalue weighted by Gasteiger charge is -2.07. The molecule has 0 spiro atoms. The number of rotatable bonds is 3. The van der Waals surface area contributed by atoms with Crippen molar-refractivity contribution in [3.63, 3.8) is 0 Å². The second-order valence-electron chi connectivity index (χ2n) is 3.40. The van der Waals surface area contributed by atoms with Crippen LogP contribution in [0, 0.1) is 11.3 Å². The molecular formula is C11H10N4S. The van der Waals surface area contributed by atoms with E-state index in [9.17, 15) is 0 Å². The van der Waals surface area contributed by atoms with Gasteiger partial charge in [-0.05, 0) is 24.1 Å². The van der Waals surface area contributed by atoms with E-state index in [1.807, 2.05) is 12.1 Å². The van der Waals surface area contributed by atoms with Gasteiger partial charge < -0.3 is 5.73 Å². The highest BCUT2D eigenvalue weighted by molar-refractivity contribution is 7.09. The van der Waals surface area contributed by atoms with Crippen molar-refractivity contribution in [1.29, 1.82) is 5.26 Å². The average Bonchev–Trinajstić information content (AvgIpc) is 2.83. The van der Waals surface area contributed by atoms with Gasteiger partial charge in [0.2, 0.25) is 0 Å². The minimum absolute atomic E-state index is 0.125. The molecule has 2 rings (SSSR count). The number of nitriles is 1. The summed E-state index contributed by atoms with van der Waals surface area (Å²) >= 11 is 1.46. The van der Waals surface area contributed by atoms with E-state index in [-0.39, 0.29) is 6.04 Å². The summed E-state index contributed by atoms with van der Waals surface area (Å²) in [5.74, 6) is 0.